The summed E-state index contributed by atoms with van der Waals surface area (Å²) < 4.78 is 5.13. The van der Waals surface area contributed by atoms with Gasteiger partial charge < -0.3 is 4.74 Å². The van der Waals surface area contributed by atoms with E-state index in [0.29, 0.717) is 19.8 Å². The lowest BCUT2D eigenvalue weighted by Crippen LogP contribution is -2.30. The van der Waals surface area contributed by atoms with Gasteiger partial charge in [-0.1, -0.05) is 30.3 Å². The van der Waals surface area contributed by atoms with E-state index in [1.54, 1.807) is 0 Å². The van der Waals surface area contributed by atoms with Crippen LogP contribution in [0.25, 0.3) is 0 Å². The third-order valence-corrected chi connectivity index (χ3v) is 2.55. The number of hydrogen-bond acceptors (Lipinski definition) is 3. The summed E-state index contributed by atoms with van der Waals surface area (Å²) in [5.41, 5.74) is 3.49. The van der Waals surface area contributed by atoms with Gasteiger partial charge in [0.15, 0.2) is 0 Å². The summed E-state index contributed by atoms with van der Waals surface area (Å²) in [6.07, 6.45) is 0.778. The molecule has 1 aliphatic heterocycles. The fraction of sp³-hybridized carbons (Fsp3) is 0.417. The second-order valence-electron chi connectivity index (χ2n) is 3.80. The Hall–Kier alpha value is -1.39. The van der Waals surface area contributed by atoms with E-state index < -0.39 is 0 Å². The van der Waals surface area contributed by atoms with E-state index in [2.05, 4.69) is 5.48 Å². The molecule has 1 aromatic rings. The van der Waals surface area contributed by atoms with Gasteiger partial charge in [0.2, 0.25) is 5.91 Å². The van der Waals surface area contributed by atoms with E-state index in [-0.39, 0.29) is 11.8 Å². The highest BCUT2D eigenvalue weighted by atomic mass is 16.7. The van der Waals surface area contributed by atoms with Crippen molar-refractivity contribution < 1.29 is 14.4 Å². The monoisotopic (exact) mass is 221 g/mol. The molecular weight excluding hydrogens is 206 g/mol. The zero-order valence-electron chi connectivity index (χ0n) is 9.02. The number of amides is 1. The zero-order chi connectivity index (χ0) is 11.2. The molecule has 1 amide bonds. The molecule has 16 heavy (non-hydrogen) atoms. The number of nitrogens with one attached hydrogen (secondary N) is 1. The molecule has 0 bridgehead atoms. The fourth-order valence-corrected chi connectivity index (χ4v) is 1.59. The Morgan fingerprint density at radius 3 is 2.94 bits per heavy atom. The van der Waals surface area contributed by atoms with Crippen LogP contribution in [0.3, 0.4) is 0 Å². The number of rotatable bonds is 4. The van der Waals surface area contributed by atoms with Crippen LogP contribution in [0, 0.1) is 5.92 Å². The number of carbonyl (C=O) groups is 1. The molecule has 1 fully saturated rings. The van der Waals surface area contributed by atoms with Crippen LogP contribution in [0.5, 0.6) is 0 Å². The topological polar surface area (TPSA) is 47.6 Å². The normalized spacial score (nSPS) is 19.6. The van der Waals surface area contributed by atoms with Crippen LogP contribution in [-0.2, 0) is 21.0 Å². The minimum atomic E-state index is -0.0894. The molecule has 0 aliphatic carbocycles. The Kier molecular flexibility index (Phi) is 3.91. The average Bonchev–Trinajstić information content (AvgIpc) is 2.84. The smallest absolute Gasteiger partial charge is 0.249 e. The molecule has 1 N–H and O–H groups in total. The molecule has 0 saturated carbocycles. The minimum Gasteiger partial charge on any atom is -0.381 e. The third kappa shape index (κ3) is 3.05. The Balaban J connectivity index is 1.70. The SMILES string of the molecule is O=C(NOCc1ccccc1)[C@@H]1CCOC1. The van der Waals surface area contributed by atoms with Crippen molar-refractivity contribution in [1.82, 2.24) is 5.48 Å². The molecule has 1 saturated heterocycles. The molecule has 0 aromatic heterocycles. The lowest BCUT2D eigenvalue weighted by Gasteiger charge is -2.09. The molecule has 0 unspecified atom stereocenters. The average molecular weight is 221 g/mol. The van der Waals surface area contributed by atoms with Crippen LogP contribution >= 0.6 is 0 Å². The summed E-state index contributed by atoms with van der Waals surface area (Å²) in [6.45, 7) is 1.55. The van der Waals surface area contributed by atoms with E-state index in [1.165, 1.54) is 0 Å². The molecule has 0 radical (unpaired) electrons. The summed E-state index contributed by atoms with van der Waals surface area (Å²) >= 11 is 0. The molecule has 4 nitrogen and oxygen atoms in total. The Morgan fingerprint density at radius 1 is 1.44 bits per heavy atom. The quantitative estimate of drug-likeness (QED) is 0.779. The lowest BCUT2D eigenvalue weighted by atomic mass is 10.1. The molecule has 1 atom stereocenters. The molecule has 1 aromatic carbocycles. The van der Waals surface area contributed by atoms with Crippen LogP contribution in [0.1, 0.15) is 12.0 Å². The van der Waals surface area contributed by atoms with E-state index in [4.69, 9.17) is 9.57 Å². The van der Waals surface area contributed by atoms with Crippen molar-refractivity contribution >= 4 is 5.91 Å². The van der Waals surface area contributed by atoms with E-state index in [9.17, 15) is 4.79 Å². The highest BCUT2D eigenvalue weighted by Gasteiger charge is 2.23. The van der Waals surface area contributed by atoms with Crippen molar-refractivity contribution in [3.63, 3.8) is 0 Å². The molecule has 2 rings (SSSR count). The largest absolute Gasteiger partial charge is 0.381 e. The van der Waals surface area contributed by atoms with E-state index in [0.717, 1.165) is 12.0 Å². The molecule has 1 aliphatic rings. The predicted octanol–water partition coefficient (Wildman–Crippen LogP) is 1.27. The van der Waals surface area contributed by atoms with Crippen molar-refractivity contribution in [2.24, 2.45) is 5.92 Å². The van der Waals surface area contributed by atoms with Gasteiger partial charge in [0.25, 0.3) is 0 Å². The first-order chi connectivity index (χ1) is 7.86. The van der Waals surface area contributed by atoms with E-state index >= 15 is 0 Å². The predicted molar refractivity (Wildman–Crippen MR) is 58.3 cm³/mol. The van der Waals surface area contributed by atoms with Crippen LogP contribution in [0.2, 0.25) is 0 Å². The minimum absolute atomic E-state index is 0.0595. The first-order valence-electron chi connectivity index (χ1n) is 5.39. The Morgan fingerprint density at radius 2 is 2.25 bits per heavy atom. The van der Waals surface area contributed by atoms with E-state index in [1.807, 2.05) is 30.3 Å². The van der Waals surface area contributed by atoms with Crippen LogP contribution < -0.4 is 5.48 Å². The van der Waals surface area contributed by atoms with Crippen molar-refractivity contribution in [3.05, 3.63) is 35.9 Å². The second-order valence-corrected chi connectivity index (χ2v) is 3.80. The standard InChI is InChI=1S/C12H15NO3/c14-12(11-6-7-15-9-11)13-16-8-10-4-2-1-3-5-10/h1-5,11H,6-9H2,(H,13,14)/t11-/m1/s1. The van der Waals surface area contributed by atoms with Gasteiger partial charge in [-0.3, -0.25) is 9.63 Å². The van der Waals surface area contributed by atoms with Crippen molar-refractivity contribution in [2.45, 2.75) is 13.0 Å². The van der Waals surface area contributed by atoms with Gasteiger partial charge in [-0.25, -0.2) is 5.48 Å². The van der Waals surface area contributed by atoms with Gasteiger partial charge in [-0.2, -0.15) is 0 Å². The Bertz CT molecular complexity index is 333. The van der Waals surface area contributed by atoms with Crippen molar-refractivity contribution in [3.8, 4) is 0 Å². The Labute approximate surface area is 94.5 Å². The van der Waals surface area contributed by atoms with Crippen LogP contribution in [0.15, 0.2) is 30.3 Å². The first-order valence-corrected chi connectivity index (χ1v) is 5.39. The third-order valence-electron chi connectivity index (χ3n) is 2.55. The molecule has 1 heterocycles. The number of ether oxygens (including phenoxy) is 1. The highest BCUT2D eigenvalue weighted by molar-refractivity contribution is 5.77. The molecule has 0 spiro atoms. The van der Waals surface area contributed by atoms with Gasteiger partial charge in [-0.15, -0.1) is 0 Å². The number of benzene rings is 1. The van der Waals surface area contributed by atoms with Crippen molar-refractivity contribution in [2.75, 3.05) is 13.2 Å². The van der Waals surface area contributed by atoms with Gasteiger partial charge in [0, 0.05) is 6.61 Å². The van der Waals surface area contributed by atoms with Gasteiger partial charge in [0.05, 0.1) is 19.1 Å². The summed E-state index contributed by atoms with van der Waals surface area (Å²) in [5, 5.41) is 0. The fourth-order valence-electron chi connectivity index (χ4n) is 1.59. The number of carbonyl (C=O) groups excluding carboxylic acids is 1. The summed E-state index contributed by atoms with van der Waals surface area (Å²) in [7, 11) is 0. The molecular formula is C12H15NO3. The highest BCUT2D eigenvalue weighted by Crippen LogP contribution is 2.12. The molecule has 86 valence electrons. The maximum Gasteiger partial charge on any atom is 0.249 e. The summed E-state index contributed by atoms with van der Waals surface area (Å²) in [6, 6.07) is 9.71. The maximum absolute atomic E-state index is 11.5. The lowest BCUT2D eigenvalue weighted by molar-refractivity contribution is -0.138. The van der Waals surface area contributed by atoms with Gasteiger partial charge in [0.1, 0.15) is 0 Å². The summed E-state index contributed by atoms with van der Waals surface area (Å²) in [4.78, 5) is 16.7. The van der Waals surface area contributed by atoms with Gasteiger partial charge >= 0.3 is 0 Å². The molecule has 4 heteroatoms. The van der Waals surface area contributed by atoms with Crippen LogP contribution in [-0.4, -0.2) is 19.1 Å². The van der Waals surface area contributed by atoms with Gasteiger partial charge in [-0.05, 0) is 12.0 Å². The second kappa shape index (κ2) is 5.63. The van der Waals surface area contributed by atoms with Crippen molar-refractivity contribution in [1.29, 1.82) is 0 Å². The maximum atomic E-state index is 11.5. The first kappa shape index (κ1) is 11.1. The number of hydroxylamine groups is 1. The number of hydrogen-bond donors (Lipinski definition) is 1. The zero-order valence-corrected chi connectivity index (χ0v) is 9.02. The summed E-state index contributed by atoms with van der Waals surface area (Å²) in [5.74, 6) is -0.149. The van der Waals surface area contributed by atoms with Crippen LogP contribution in [0.4, 0.5) is 0 Å².